The van der Waals surface area contributed by atoms with Crippen molar-refractivity contribution < 1.29 is 9.47 Å². The molecule has 4 rings (SSSR count). The lowest BCUT2D eigenvalue weighted by Crippen LogP contribution is -2.38. The highest BCUT2D eigenvalue weighted by Gasteiger charge is 2.16. The van der Waals surface area contributed by atoms with E-state index in [1.165, 1.54) is 0 Å². The van der Waals surface area contributed by atoms with Crippen molar-refractivity contribution in [2.75, 3.05) is 27.3 Å². The number of para-hydroxylation sites is 1. The van der Waals surface area contributed by atoms with E-state index in [0.717, 1.165) is 46.5 Å². The normalized spacial score (nSPS) is 13.2. The van der Waals surface area contributed by atoms with Gasteiger partial charge in [0.1, 0.15) is 5.82 Å². The van der Waals surface area contributed by atoms with E-state index in [2.05, 4.69) is 32.4 Å². The Hall–Kier alpha value is -2.75. The Morgan fingerprint density at radius 2 is 1.94 bits per heavy atom. The minimum absolute atomic E-state index is 0. The van der Waals surface area contributed by atoms with Gasteiger partial charge in [0.05, 0.1) is 31.6 Å². The number of halogens is 1. The van der Waals surface area contributed by atoms with Crippen LogP contribution in [0.1, 0.15) is 17.8 Å². The van der Waals surface area contributed by atoms with Gasteiger partial charge in [0.2, 0.25) is 0 Å². The largest absolute Gasteiger partial charge is 0.490 e. The Bertz CT molecular complexity index is 1010. The second kappa shape index (κ2) is 11.0. The molecule has 0 atom stereocenters. The van der Waals surface area contributed by atoms with Crippen LogP contribution in [0.4, 0.5) is 0 Å². The number of fused-ring (bicyclic) bond motifs is 1. The Balaban J connectivity index is 0.00000272. The number of hydrogen-bond acceptors (Lipinski definition) is 4. The first-order chi connectivity index (χ1) is 14.7. The van der Waals surface area contributed by atoms with Crippen LogP contribution in [-0.2, 0) is 13.1 Å². The first-order valence-corrected chi connectivity index (χ1v) is 10.1. The lowest BCUT2D eigenvalue weighted by molar-refractivity contribution is 0.296. The average molecular weight is 533 g/mol. The van der Waals surface area contributed by atoms with E-state index in [1.54, 1.807) is 7.05 Å². The maximum atomic E-state index is 5.91. The van der Waals surface area contributed by atoms with Gasteiger partial charge in [-0.1, -0.05) is 42.5 Å². The number of nitrogens with one attached hydrogen (secondary N) is 2. The van der Waals surface area contributed by atoms with Crippen LogP contribution in [0.3, 0.4) is 0 Å². The Morgan fingerprint density at radius 1 is 1.13 bits per heavy atom. The molecule has 0 radical (unpaired) electrons. The van der Waals surface area contributed by atoms with Gasteiger partial charge in [0.15, 0.2) is 17.5 Å². The van der Waals surface area contributed by atoms with Crippen LogP contribution in [0.25, 0.3) is 11.3 Å². The van der Waals surface area contributed by atoms with E-state index < -0.39 is 0 Å². The van der Waals surface area contributed by atoms with Crippen molar-refractivity contribution in [1.29, 1.82) is 0 Å². The summed E-state index contributed by atoms with van der Waals surface area (Å²) >= 11 is 0. The summed E-state index contributed by atoms with van der Waals surface area (Å²) in [5.74, 6) is 3.28. The van der Waals surface area contributed by atoms with Crippen molar-refractivity contribution in [2.45, 2.75) is 19.5 Å². The zero-order valence-electron chi connectivity index (χ0n) is 17.8. The minimum atomic E-state index is 0. The molecule has 0 amide bonds. The third-order valence-electron chi connectivity index (χ3n) is 4.96. The van der Waals surface area contributed by atoms with Gasteiger partial charge < -0.3 is 24.7 Å². The number of aromatic nitrogens is 2. The number of imidazole rings is 1. The van der Waals surface area contributed by atoms with Gasteiger partial charge in [0, 0.05) is 32.6 Å². The first kappa shape index (κ1) is 22.9. The number of nitrogens with zero attached hydrogens (tertiary/aromatic N) is 3. The number of ether oxygens (including phenoxy) is 2. The summed E-state index contributed by atoms with van der Waals surface area (Å²) < 4.78 is 11.7. The maximum absolute atomic E-state index is 5.91. The maximum Gasteiger partial charge on any atom is 0.194 e. The average Bonchev–Trinajstić information content (AvgIpc) is 3.10. The lowest BCUT2D eigenvalue weighted by Gasteiger charge is -2.22. The zero-order valence-corrected chi connectivity index (χ0v) is 20.1. The fourth-order valence-electron chi connectivity index (χ4n) is 3.46. The van der Waals surface area contributed by atoms with E-state index in [0.29, 0.717) is 26.3 Å². The molecule has 2 heterocycles. The van der Waals surface area contributed by atoms with Crippen LogP contribution >= 0.6 is 24.0 Å². The molecule has 0 saturated heterocycles. The number of H-pyrrole nitrogens is 1. The molecule has 2 aromatic carbocycles. The molecule has 1 aliphatic heterocycles. The molecule has 7 nitrogen and oxygen atoms in total. The third-order valence-corrected chi connectivity index (χ3v) is 4.96. The van der Waals surface area contributed by atoms with Crippen LogP contribution in [-0.4, -0.2) is 48.1 Å². The van der Waals surface area contributed by atoms with Gasteiger partial charge >= 0.3 is 0 Å². The summed E-state index contributed by atoms with van der Waals surface area (Å²) in [6.45, 7) is 2.55. The molecule has 0 spiro atoms. The second-order valence-corrected chi connectivity index (χ2v) is 7.16. The second-order valence-electron chi connectivity index (χ2n) is 7.16. The molecule has 1 aliphatic rings. The number of rotatable bonds is 5. The highest BCUT2D eigenvalue weighted by Crippen LogP contribution is 2.33. The van der Waals surface area contributed by atoms with Crippen LogP contribution in [0.5, 0.6) is 11.5 Å². The molecule has 0 bridgehead atoms. The van der Waals surface area contributed by atoms with Crippen molar-refractivity contribution in [3.8, 4) is 22.8 Å². The zero-order chi connectivity index (χ0) is 20.8. The number of guanidine groups is 1. The molecule has 0 aliphatic carbocycles. The molecule has 164 valence electrons. The van der Waals surface area contributed by atoms with Gasteiger partial charge in [-0.3, -0.25) is 4.99 Å². The standard InChI is InChI=1S/C23H27N5O2.HI/c1-24-23(26-14-18-10-6-11-20-22(18)30-13-7-12-29-20)28(2)16-21-25-15-19(27-21)17-8-4-3-5-9-17;/h3-6,8-11,15H,7,12-14,16H2,1-2H3,(H,24,26)(H,25,27);1H. The van der Waals surface area contributed by atoms with E-state index in [-0.39, 0.29) is 24.0 Å². The number of aliphatic imine (C=N–C) groups is 1. The van der Waals surface area contributed by atoms with Gasteiger partial charge in [-0.05, 0) is 11.6 Å². The van der Waals surface area contributed by atoms with Gasteiger partial charge in [0.25, 0.3) is 0 Å². The van der Waals surface area contributed by atoms with Crippen molar-refractivity contribution in [3.05, 3.63) is 66.1 Å². The SMILES string of the molecule is CN=C(NCc1cccc2c1OCCCO2)N(C)Cc1ncc(-c2ccccc2)[nH]1.I. The molecular weight excluding hydrogens is 505 g/mol. The predicted molar refractivity (Wildman–Crippen MR) is 133 cm³/mol. The van der Waals surface area contributed by atoms with E-state index in [9.17, 15) is 0 Å². The smallest absolute Gasteiger partial charge is 0.194 e. The molecule has 0 unspecified atom stereocenters. The van der Waals surface area contributed by atoms with E-state index in [1.807, 2.05) is 54.5 Å². The summed E-state index contributed by atoms with van der Waals surface area (Å²) in [5.41, 5.74) is 3.17. The number of benzene rings is 2. The minimum Gasteiger partial charge on any atom is -0.490 e. The molecule has 0 fully saturated rings. The molecule has 2 N–H and O–H groups in total. The summed E-state index contributed by atoms with van der Waals surface area (Å²) in [5, 5.41) is 3.41. The monoisotopic (exact) mass is 533 g/mol. The topological polar surface area (TPSA) is 74.8 Å². The van der Waals surface area contributed by atoms with Crippen molar-refractivity contribution >= 4 is 29.9 Å². The van der Waals surface area contributed by atoms with Crippen LogP contribution in [0.15, 0.2) is 59.7 Å². The summed E-state index contributed by atoms with van der Waals surface area (Å²) in [6, 6.07) is 16.2. The summed E-state index contributed by atoms with van der Waals surface area (Å²) in [6.07, 6.45) is 2.76. The van der Waals surface area contributed by atoms with Crippen molar-refractivity contribution in [3.63, 3.8) is 0 Å². The Labute approximate surface area is 199 Å². The summed E-state index contributed by atoms with van der Waals surface area (Å²) in [4.78, 5) is 14.4. The predicted octanol–water partition coefficient (Wildman–Crippen LogP) is 4.06. The summed E-state index contributed by atoms with van der Waals surface area (Å²) in [7, 11) is 3.77. The fourth-order valence-corrected chi connectivity index (χ4v) is 3.46. The molecular formula is C23H28IN5O2. The Morgan fingerprint density at radius 3 is 2.74 bits per heavy atom. The van der Waals surface area contributed by atoms with Gasteiger partial charge in [-0.25, -0.2) is 4.98 Å². The fraction of sp³-hybridized carbons (Fsp3) is 0.304. The van der Waals surface area contributed by atoms with E-state index in [4.69, 9.17) is 9.47 Å². The molecule has 0 saturated carbocycles. The number of hydrogen-bond donors (Lipinski definition) is 2. The highest BCUT2D eigenvalue weighted by molar-refractivity contribution is 14.0. The molecule has 3 aromatic rings. The number of aromatic amines is 1. The molecule has 31 heavy (non-hydrogen) atoms. The lowest BCUT2D eigenvalue weighted by atomic mass is 10.2. The van der Waals surface area contributed by atoms with Crippen LogP contribution in [0, 0.1) is 0 Å². The first-order valence-electron chi connectivity index (χ1n) is 10.1. The van der Waals surface area contributed by atoms with Crippen LogP contribution in [0.2, 0.25) is 0 Å². The highest BCUT2D eigenvalue weighted by atomic mass is 127. The van der Waals surface area contributed by atoms with E-state index >= 15 is 0 Å². The molecule has 8 heteroatoms. The van der Waals surface area contributed by atoms with Crippen molar-refractivity contribution in [2.24, 2.45) is 4.99 Å². The van der Waals surface area contributed by atoms with Crippen molar-refractivity contribution in [1.82, 2.24) is 20.2 Å². The quantitative estimate of drug-likeness (QED) is 0.294. The van der Waals surface area contributed by atoms with Crippen LogP contribution < -0.4 is 14.8 Å². The Kier molecular flexibility index (Phi) is 8.16. The van der Waals surface area contributed by atoms with Gasteiger partial charge in [-0.15, -0.1) is 24.0 Å². The van der Waals surface area contributed by atoms with Gasteiger partial charge in [-0.2, -0.15) is 0 Å². The molecule has 1 aromatic heterocycles. The third kappa shape index (κ3) is 5.69.